The summed E-state index contributed by atoms with van der Waals surface area (Å²) in [7, 11) is -10.2. The summed E-state index contributed by atoms with van der Waals surface area (Å²) in [5, 5.41) is 34.0. The third kappa shape index (κ3) is 10.5. The molecule has 1 aromatic carbocycles. The first-order valence-electron chi connectivity index (χ1n) is 10.1. The Balaban J connectivity index is 0.000000960. The van der Waals surface area contributed by atoms with Gasteiger partial charge in [-0.15, -0.1) is 0 Å². The van der Waals surface area contributed by atoms with Crippen LogP contribution in [-0.2, 0) is 24.3 Å². The molecule has 0 aliphatic rings. The average Bonchev–Trinajstić information content (AvgIpc) is 2.62. The maximum atomic E-state index is 12.1. The molecule has 0 heterocycles. The van der Waals surface area contributed by atoms with Gasteiger partial charge in [-0.3, -0.25) is 4.89 Å². The molecule has 0 saturated heterocycles. The number of rotatable bonds is 8. The van der Waals surface area contributed by atoms with Crippen LogP contribution >= 0.6 is 15.6 Å². The molecule has 33 heavy (non-hydrogen) atoms. The molecule has 0 aliphatic carbocycles. The van der Waals surface area contributed by atoms with E-state index < -0.39 is 58.3 Å². The van der Waals surface area contributed by atoms with Gasteiger partial charge in [0.1, 0.15) is 5.75 Å². The lowest BCUT2D eigenvalue weighted by molar-refractivity contribution is -0.0328. The summed E-state index contributed by atoms with van der Waals surface area (Å²) in [6.07, 6.45) is 0. The lowest BCUT2D eigenvalue weighted by atomic mass is 9.78. The van der Waals surface area contributed by atoms with Gasteiger partial charge in [0.25, 0.3) is 0 Å². The van der Waals surface area contributed by atoms with Crippen LogP contribution in [0.5, 0.6) is 5.75 Å². The van der Waals surface area contributed by atoms with Crippen LogP contribution in [0.4, 0.5) is 0 Å². The number of benzene rings is 1. The van der Waals surface area contributed by atoms with E-state index in [1.54, 1.807) is 0 Å². The number of phosphoric acid groups is 2. The summed E-state index contributed by atoms with van der Waals surface area (Å²) in [6, 6.07) is 3.64. The predicted octanol–water partition coefficient (Wildman–Crippen LogP) is 2.12. The first-order valence-corrected chi connectivity index (χ1v) is 13.1. The van der Waals surface area contributed by atoms with Crippen LogP contribution in [0.15, 0.2) is 12.1 Å². The molecule has 13 heteroatoms. The number of hydrogen-bond acceptors (Lipinski definition) is 8. The monoisotopic (exact) mass is 516 g/mol. The normalized spacial score (nSPS) is 14.8. The van der Waals surface area contributed by atoms with Crippen LogP contribution in [0.3, 0.4) is 0 Å². The van der Waals surface area contributed by atoms with E-state index in [4.69, 9.17) is 34.7 Å². The van der Waals surface area contributed by atoms with Crippen LogP contribution in [0.25, 0.3) is 0 Å². The van der Waals surface area contributed by atoms with Crippen LogP contribution < -0.4 is 4.52 Å². The Morgan fingerprint density at radius 1 is 0.758 bits per heavy atom. The van der Waals surface area contributed by atoms with Crippen molar-refractivity contribution in [3.8, 4) is 5.75 Å². The van der Waals surface area contributed by atoms with Gasteiger partial charge in [0.2, 0.25) is 0 Å². The molecule has 1 unspecified atom stereocenters. The molecule has 0 saturated carbocycles. The van der Waals surface area contributed by atoms with Crippen molar-refractivity contribution in [1.29, 1.82) is 0 Å². The molecule has 11 nitrogen and oxygen atoms in total. The van der Waals surface area contributed by atoms with E-state index in [-0.39, 0.29) is 5.75 Å². The second-order valence-electron chi connectivity index (χ2n) is 9.95. The predicted molar refractivity (Wildman–Crippen MR) is 123 cm³/mol. The highest BCUT2D eigenvalue weighted by Crippen LogP contribution is 2.59. The number of aliphatic hydroxyl groups is 4. The third-order valence-corrected chi connectivity index (χ3v) is 6.70. The van der Waals surface area contributed by atoms with Crippen molar-refractivity contribution in [3.63, 3.8) is 0 Å². The molecule has 0 amide bonds. The molecule has 1 aromatic rings. The Bertz CT molecular complexity index is 809. The molecule has 0 bridgehead atoms. The number of aryl methyl sites for hydroxylation is 1. The first kappa shape index (κ1) is 32.2. The highest BCUT2D eigenvalue weighted by Gasteiger charge is 2.37. The second-order valence-corrected chi connectivity index (χ2v) is 12.7. The number of aliphatic hydroxyl groups excluding tert-OH is 4. The average molecular weight is 516 g/mol. The molecule has 1 atom stereocenters. The molecule has 0 radical (unpaired) electrons. The van der Waals surface area contributed by atoms with E-state index in [0.29, 0.717) is 11.1 Å². The lowest BCUT2D eigenvalue weighted by Crippen LogP contribution is -2.37. The molecule has 0 spiro atoms. The molecule has 7 N–H and O–H groups in total. The first-order chi connectivity index (χ1) is 14.7. The van der Waals surface area contributed by atoms with E-state index in [0.717, 1.165) is 5.56 Å². The molecule has 0 fully saturated rings. The zero-order valence-electron chi connectivity index (χ0n) is 20.1. The SMILES string of the molecule is Cc1cc(C(C)(C)C)c(OP(=O)(O)OP(=O)(O)O)c(C(C)(C)C)c1.OCC(CO)(CO)CO. The summed E-state index contributed by atoms with van der Waals surface area (Å²) < 4.78 is 32.1. The van der Waals surface area contributed by atoms with E-state index >= 15 is 0 Å². The maximum absolute atomic E-state index is 12.1. The van der Waals surface area contributed by atoms with Gasteiger partial charge in [-0.1, -0.05) is 59.2 Å². The fraction of sp³-hybridized carbons (Fsp3) is 0.700. The van der Waals surface area contributed by atoms with Gasteiger partial charge in [0.05, 0.1) is 31.8 Å². The molecule has 1 rings (SSSR count). The Labute approximate surface area is 194 Å². The number of phosphoric ester groups is 1. The van der Waals surface area contributed by atoms with Gasteiger partial charge in [0.15, 0.2) is 0 Å². The zero-order valence-corrected chi connectivity index (χ0v) is 21.9. The van der Waals surface area contributed by atoms with Gasteiger partial charge in [0, 0.05) is 11.1 Å². The van der Waals surface area contributed by atoms with Crippen LogP contribution in [0.2, 0.25) is 0 Å². The summed E-state index contributed by atoms with van der Waals surface area (Å²) in [5.41, 5.74) is 0.278. The van der Waals surface area contributed by atoms with Crippen molar-refractivity contribution in [1.82, 2.24) is 0 Å². The highest BCUT2D eigenvalue weighted by atomic mass is 31.3. The Morgan fingerprint density at radius 3 is 1.30 bits per heavy atom. The van der Waals surface area contributed by atoms with Crippen molar-refractivity contribution >= 4 is 15.6 Å². The topological polar surface area (TPSA) is 194 Å². The van der Waals surface area contributed by atoms with Crippen molar-refractivity contribution in [2.75, 3.05) is 26.4 Å². The van der Waals surface area contributed by atoms with Crippen LogP contribution in [-0.4, -0.2) is 61.5 Å². The van der Waals surface area contributed by atoms with Crippen LogP contribution in [0.1, 0.15) is 58.2 Å². The summed E-state index contributed by atoms with van der Waals surface area (Å²) in [4.78, 5) is 27.4. The van der Waals surface area contributed by atoms with E-state index in [1.807, 2.05) is 60.6 Å². The molecule has 194 valence electrons. The maximum Gasteiger partial charge on any atom is 0.536 e. The fourth-order valence-electron chi connectivity index (χ4n) is 2.55. The molecule has 0 aliphatic heterocycles. The van der Waals surface area contributed by atoms with Gasteiger partial charge in [-0.25, -0.2) is 9.13 Å². The van der Waals surface area contributed by atoms with Crippen molar-refractivity contribution in [2.24, 2.45) is 5.41 Å². The lowest BCUT2D eigenvalue weighted by Gasteiger charge is -2.30. The fourth-order valence-corrected chi connectivity index (χ4v) is 4.19. The molecular weight excluding hydrogens is 478 g/mol. The smallest absolute Gasteiger partial charge is 0.403 e. The Morgan fingerprint density at radius 2 is 1.09 bits per heavy atom. The van der Waals surface area contributed by atoms with E-state index in [2.05, 4.69) is 4.31 Å². The van der Waals surface area contributed by atoms with Gasteiger partial charge < -0.3 is 34.7 Å². The summed E-state index contributed by atoms with van der Waals surface area (Å²) in [6.45, 7) is 11.7. The third-order valence-electron chi connectivity index (χ3n) is 4.61. The highest BCUT2D eigenvalue weighted by molar-refractivity contribution is 7.60. The second kappa shape index (κ2) is 11.7. The quantitative estimate of drug-likeness (QED) is 0.250. The minimum Gasteiger partial charge on any atom is -0.403 e. The van der Waals surface area contributed by atoms with E-state index in [9.17, 15) is 14.0 Å². The standard InChI is InChI=1S/C15H26O7P2.C5H12O4/c1-10-8-11(14(2,3)4)13(12(9-10)15(5,6)7)21-24(19,20)22-23(16,17)18;6-1-5(2-7,3-8)4-9/h8-9H,1-7H3,(H,19,20)(H2,16,17,18);6-9H,1-4H2. The number of hydrogen-bond donors (Lipinski definition) is 7. The molecular formula is C20H38O11P2. The van der Waals surface area contributed by atoms with Crippen molar-refractivity contribution in [3.05, 3.63) is 28.8 Å². The largest absolute Gasteiger partial charge is 0.536 e. The minimum absolute atomic E-state index is 0.111. The van der Waals surface area contributed by atoms with Gasteiger partial charge in [-0.05, 0) is 17.8 Å². The summed E-state index contributed by atoms with van der Waals surface area (Å²) in [5.74, 6) is 0.111. The van der Waals surface area contributed by atoms with Crippen molar-refractivity contribution in [2.45, 2.75) is 59.3 Å². The minimum atomic E-state index is -5.18. The van der Waals surface area contributed by atoms with Gasteiger partial charge in [-0.2, -0.15) is 4.31 Å². The molecule has 0 aromatic heterocycles. The van der Waals surface area contributed by atoms with Crippen molar-refractivity contribution < 1.29 is 53.1 Å². The van der Waals surface area contributed by atoms with Crippen LogP contribution in [0, 0.1) is 12.3 Å². The Kier molecular flexibility index (Phi) is 11.4. The van der Waals surface area contributed by atoms with Gasteiger partial charge >= 0.3 is 15.6 Å². The Hall–Kier alpha value is -0.840. The summed E-state index contributed by atoms with van der Waals surface area (Å²) >= 11 is 0. The zero-order chi connectivity index (χ0) is 26.5. The van der Waals surface area contributed by atoms with E-state index in [1.165, 1.54) is 0 Å².